The molecule has 0 aliphatic heterocycles. The first kappa shape index (κ1) is 14.2. The van der Waals surface area contributed by atoms with E-state index in [1.165, 1.54) is 30.6 Å². The molecule has 0 spiro atoms. The van der Waals surface area contributed by atoms with Gasteiger partial charge in [-0.25, -0.2) is 9.37 Å². The van der Waals surface area contributed by atoms with Crippen LogP contribution in [-0.2, 0) is 16.9 Å². The summed E-state index contributed by atoms with van der Waals surface area (Å²) in [5, 5.41) is 12.9. The number of halogens is 1. The number of hydrogen-bond acceptors (Lipinski definition) is 3. The molecule has 0 bridgehead atoms. The second kappa shape index (κ2) is 5.83. The van der Waals surface area contributed by atoms with Gasteiger partial charge in [-0.2, -0.15) is 0 Å². The minimum absolute atomic E-state index is 0.0478. The lowest BCUT2D eigenvalue weighted by atomic mass is 9.96. The minimum atomic E-state index is -1.25. The van der Waals surface area contributed by atoms with Crippen LogP contribution in [0.3, 0.4) is 0 Å². The molecule has 1 atom stereocenters. The number of aromatic nitrogens is 2. The zero-order valence-electron chi connectivity index (χ0n) is 11.1. The summed E-state index contributed by atoms with van der Waals surface area (Å²) in [6, 6.07) is 5.54. The van der Waals surface area contributed by atoms with Crippen LogP contribution in [0.1, 0.15) is 12.5 Å². The summed E-state index contributed by atoms with van der Waals surface area (Å²) in [6.07, 6.45) is 4.80. The third-order valence-electron chi connectivity index (χ3n) is 2.98. The number of carbonyl (C=O) groups excluding carboxylic acids is 1. The maximum Gasteiger partial charge on any atom is 0.240 e. The molecule has 2 aromatic rings. The van der Waals surface area contributed by atoms with Crippen molar-refractivity contribution < 1.29 is 14.3 Å². The first-order chi connectivity index (χ1) is 9.47. The van der Waals surface area contributed by atoms with E-state index in [9.17, 15) is 14.3 Å². The van der Waals surface area contributed by atoms with E-state index in [1.54, 1.807) is 23.9 Å². The number of benzene rings is 1. The molecule has 1 aromatic carbocycles. The van der Waals surface area contributed by atoms with Crippen LogP contribution in [0, 0.1) is 5.82 Å². The molecule has 1 unspecified atom stereocenters. The van der Waals surface area contributed by atoms with Crippen LogP contribution in [0.25, 0.3) is 0 Å². The van der Waals surface area contributed by atoms with Crippen LogP contribution < -0.4 is 5.32 Å². The highest BCUT2D eigenvalue weighted by Gasteiger charge is 2.23. The molecule has 0 aliphatic carbocycles. The zero-order valence-corrected chi connectivity index (χ0v) is 11.1. The normalized spacial score (nSPS) is 13.8. The van der Waals surface area contributed by atoms with Gasteiger partial charge in [-0.1, -0.05) is 12.1 Å². The Balaban J connectivity index is 1.91. The molecule has 1 amide bonds. The Labute approximate surface area is 116 Å². The number of hydrogen-bond donors (Lipinski definition) is 2. The van der Waals surface area contributed by atoms with Gasteiger partial charge in [-0.05, 0) is 24.6 Å². The number of carbonyl (C=O) groups is 1. The molecule has 1 aromatic heterocycles. The summed E-state index contributed by atoms with van der Waals surface area (Å²) in [5.41, 5.74) is -0.708. The number of nitrogens with zero attached hydrogens (tertiary/aromatic N) is 2. The fourth-order valence-electron chi connectivity index (χ4n) is 1.78. The van der Waals surface area contributed by atoms with Crippen molar-refractivity contribution >= 4 is 5.91 Å². The lowest BCUT2D eigenvalue weighted by molar-refractivity contribution is -0.122. The molecule has 0 radical (unpaired) electrons. The van der Waals surface area contributed by atoms with Crippen LogP contribution in [0.4, 0.5) is 4.39 Å². The first-order valence-corrected chi connectivity index (χ1v) is 6.18. The van der Waals surface area contributed by atoms with Crippen LogP contribution in [-0.4, -0.2) is 27.1 Å². The predicted octanol–water partition coefficient (Wildman–Crippen LogP) is 1.05. The standard InChI is InChI=1S/C14H16FN3O2/c1-14(20,11-2-4-12(15)5-3-11)9-17-13(19)8-18-7-6-16-10-18/h2-7,10,20H,8-9H2,1H3,(H,17,19). The van der Waals surface area contributed by atoms with Crippen molar-refractivity contribution in [3.05, 3.63) is 54.4 Å². The molecular weight excluding hydrogens is 261 g/mol. The molecular formula is C14H16FN3O2. The van der Waals surface area contributed by atoms with Crippen LogP contribution in [0.15, 0.2) is 43.0 Å². The molecule has 1 heterocycles. The molecule has 2 N–H and O–H groups in total. The maximum atomic E-state index is 12.8. The average molecular weight is 277 g/mol. The fourth-order valence-corrected chi connectivity index (χ4v) is 1.78. The van der Waals surface area contributed by atoms with Crippen LogP contribution in [0.2, 0.25) is 0 Å². The molecule has 0 fully saturated rings. The van der Waals surface area contributed by atoms with E-state index in [-0.39, 0.29) is 24.8 Å². The molecule has 0 saturated carbocycles. The molecule has 0 aliphatic rings. The maximum absolute atomic E-state index is 12.8. The molecule has 106 valence electrons. The molecule has 6 heteroatoms. The number of imidazole rings is 1. The van der Waals surface area contributed by atoms with Gasteiger partial charge in [0, 0.05) is 12.4 Å². The number of aliphatic hydroxyl groups is 1. The lowest BCUT2D eigenvalue weighted by Crippen LogP contribution is -2.39. The van der Waals surface area contributed by atoms with Crippen molar-refractivity contribution in [3.8, 4) is 0 Å². The SMILES string of the molecule is CC(O)(CNC(=O)Cn1ccnc1)c1ccc(F)cc1. The highest BCUT2D eigenvalue weighted by molar-refractivity contribution is 5.75. The van der Waals surface area contributed by atoms with E-state index < -0.39 is 5.60 Å². The van der Waals surface area contributed by atoms with E-state index in [2.05, 4.69) is 10.3 Å². The van der Waals surface area contributed by atoms with Crippen LogP contribution >= 0.6 is 0 Å². The minimum Gasteiger partial charge on any atom is -0.384 e. The van der Waals surface area contributed by atoms with Gasteiger partial charge in [0.15, 0.2) is 0 Å². The monoisotopic (exact) mass is 277 g/mol. The Morgan fingerprint density at radius 2 is 2.15 bits per heavy atom. The second-order valence-corrected chi connectivity index (χ2v) is 4.79. The van der Waals surface area contributed by atoms with Gasteiger partial charge in [-0.3, -0.25) is 4.79 Å². The van der Waals surface area contributed by atoms with Gasteiger partial charge in [0.1, 0.15) is 18.0 Å². The van der Waals surface area contributed by atoms with Gasteiger partial charge in [0.25, 0.3) is 0 Å². The average Bonchev–Trinajstić information content (AvgIpc) is 2.90. The fraction of sp³-hybridized carbons (Fsp3) is 0.286. The van der Waals surface area contributed by atoms with Gasteiger partial charge >= 0.3 is 0 Å². The highest BCUT2D eigenvalue weighted by atomic mass is 19.1. The third-order valence-corrected chi connectivity index (χ3v) is 2.98. The van der Waals surface area contributed by atoms with Gasteiger partial charge in [0.05, 0.1) is 12.9 Å². The quantitative estimate of drug-likeness (QED) is 0.858. The summed E-state index contributed by atoms with van der Waals surface area (Å²) in [7, 11) is 0. The summed E-state index contributed by atoms with van der Waals surface area (Å²) in [5.74, 6) is -0.598. The second-order valence-electron chi connectivity index (χ2n) is 4.79. The van der Waals surface area contributed by atoms with Gasteiger partial charge in [0.2, 0.25) is 5.91 Å². The Hall–Kier alpha value is -2.21. The van der Waals surface area contributed by atoms with Crippen molar-refractivity contribution in [2.45, 2.75) is 19.1 Å². The molecule has 20 heavy (non-hydrogen) atoms. The van der Waals surface area contributed by atoms with E-state index in [0.717, 1.165) is 0 Å². The molecule has 0 saturated heterocycles. The van der Waals surface area contributed by atoms with Gasteiger partial charge < -0.3 is 15.0 Å². The lowest BCUT2D eigenvalue weighted by Gasteiger charge is -2.24. The topological polar surface area (TPSA) is 67.2 Å². The molecule has 5 nitrogen and oxygen atoms in total. The van der Waals surface area contributed by atoms with E-state index >= 15 is 0 Å². The highest BCUT2D eigenvalue weighted by Crippen LogP contribution is 2.19. The number of amides is 1. The largest absolute Gasteiger partial charge is 0.384 e. The number of nitrogens with one attached hydrogen (secondary N) is 1. The van der Waals surface area contributed by atoms with Crippen molar-refractivity contribution in [3.63, 3.8) is 0 Å². The summed E-state index contributed by atoms with van der Waals surface area (Å²) < 4.78 is 14.5. The third kappa shape index (κ3) is 3.64. The van der Waals surface area contributed by atoms with Crippen molar-refractivity contribution in [2.24, 2.45) is 0 Å². The summed E-state index contributed by atoms with van der Waals surface area (Å²) in [6.45, 7) is 1.75. The van der Waals surface area contributed by atoms with Gasteiger partial charge in [-0.15, -0.1) is 0 Å². The van der Waals surface area contributed by atoms with E-state index in [0.29, 0.717) is 5.56 Å². The summed E-state index contributed by atoms with van der Waals surface area (Å²) in [4.78, 5) is 15.5. The van der Waals surface area contributed by atoms with E-state index in [1.807, 2.05) is 0 Å². The Morgan fingerprint density at radius 1 is 1.45 bits per heavy atom. The van der Waals surface area contributed by atoms with E-state index in [4.69, 9.17) is 0 Å². The van der Waals surface area contributed by atoms with Crippen molar-refractivity contribution in [2.75, 3.05) is 6.54 Å². The Bertz CT molecular complexity index is 565. The van der Waals surface area contributed by atoms with Crippen molar-refractivity contribution in [1.29, 1.82) is 0 Å². The predicted molar refractivity (Wildman–Crippen MR) is 71.2 cm³/mol. The molecule has 2 rings (SSSR count). The number of rotatable bonds is 5. The first-order valence-electron chi connectivity index (χ1n) is 6.18. The Kier molecular flexibility index (Phi) is 4.14. The summed E-state index contributed by atoms with van der Waals surface area (Å²) >= 11 is 0. The zero-order chi connectivity index (χ0) is 14.6. The Morgan fingerprint density at radius 3 is 2.75 bits per heavy atom. The smallest absolute Gasteiger partial charge is 0.240 e. The van der Waals surface area contributed by atoms with Crippen molar-refractivity contribution in [1.82, 2.24) is 14.9 Å². The van der Waals surface area contributed by atoms with Crippen LogP contribution in [0.5, 0.6) is 0 Å².